The Morgan fingerprint density at radius 1 is 1.08 bits per heavy atom. The number of rotatable bonds is 5. The number of hydrogen-bond acceptors (Lipinski definition) is 4. The van der Waals surface area contributed by atoms with Crippen LogP contribution in [0.15, 0.2) is 12.1 Å². The van der Waals surface area contributed by atoms with Crippen molar-refractivity contribution in [2.75, 3.05) is 18.1 Å². The van der Waals surface area contributed by atoms with Crippen LogP contribution in [-0.4, -0.2) is 49.4 Å². The third-order valence-electron chi connectivity index (χ3n) is 4.16. The Kier molecular flexibility index (Phi) is 5.21. The number of benzene rings is 1. The first-order valence-corrected chi connectivity index (χ1v) is 10.5. The summed E-state index contributed by atoms with van der Waals surface area (Å²) in [5.41, 5.74) is 0. The standard InChI is InChI=1S/C15H16Cl3NO4S/c16-11-5-13(18)14(6-12(11)17)23-7-15(20)19(9-1-2-9)10-3-4-24(21,22)8-10/h5-6,9-10H,1-4,7-8H2. The van der Waals surface area contributed by atoms with E-state index in [0.717, 1.165) is 12.8 Å². The van der Waals surface area contributed by atoms with Gasteiger partial charge in [0.15, 0.2) is 16.4 Å². The lowest BCUT2D eigenvalue weighted by molar-refractivity contribution is -0.135. The topological polar surface area (TPSA) is 63.7 Å². The van der Waals surface area contributed by atoms with Crippen molar-refractivity contribution in [1.82, 2.24) is 4.90 Å². The average molecular weight is 413 g/mol. The van der Waals surface area contributed by atoms with Gasteiger partial charge in [0.05, 0.1) is 26.6 Å². The average Bonchev–Trinajstić information content (AvgIpc) is 3.25. The number of hydrogen-bond donors (Lipinski definition) is 0. The molecular formula is C15H16Cl3NO4S. The van der Waals surface area contributed by atoms with Gasteiger partial charge in [-0.25, -0.2) is 8.42 Å². The van der Waals surface area contributed by atoms with Gasteiger partial charge in [-0.15, -0.1) is 0 Å². The Morgan fingerprint density at radius 3 is 2.33 bits per heavy atom. The van der Waals surface area contributed by atoms with Crippen molar-refractivity contribution >= 4 is 50.5 Å². The van der Waals surface area contributed by atoms with Gasteiger partial charge in [-0.05, 0) is 25.3 Å². The molecule has 1 heterocycles. The van der Waals surface area contributed by atoms with Gasteiger partial charge >= 0.3 is 0 Å². The lowest BCUT2D eigenvalue weighted by Gasteiger charge is -2.28. The number of amides is 1. The van der Waals surface area contributed by atoms with Crippen LogP contribution in [-0.2, 0) is 14.6 Å². The molecule has 1 aliphatic heterocycles. The van der Waals surface area contributed by atoms with E-state index in [0.29, 0.717) is 11.4 Å². The summed E-state index contributed by atoms with van der Waals surface area (Å²) in [7, 11) is -3.05. The predicted octanol–water partition coefficient (Wildman–Crippen LogP) is 3.20. The van der Waals surface area contributed by atoms with E-state index in [4.69, 9.17) is 39.5 Å². The molecular weight excluding hydrogens is 397 g/mol. The molecule has 0 radical (unpaired) electrons. The van der Waals surface area contributed by atoms with Gasteiger partial charge in [0.2, 0.25) is 0 Å². The van der Waals surface area contributed by atoms with Gasteiger partial charge in [-0.1, -0.05) is 34.8 Å². The van der Waals surface area contributed by atoms with Crippen LogP contribution >= 0.6 is 34.8 Å². The van der Waals surface area contributed by atoms with Crippen LogP contribution in [0.3, 0.4) is 0 Å². The van der Waals surface area contributed by atoms with Crippen LogP contribution < -0.4 is 4.74 Å². The summed E-state index contributed by atoms with van der Waals surface area (Å²) in [6.45, 7) is -0.218. The fourth-order valence-corrected chi connectivity index (χ4v) is 5.18. The summed E-state index contributed by atoms with van der Waals surface area (Å²) in [5, 5.41) is 0.846. The number of carbonyl (C=O) groups excluding carboxylic acids is 1. The zero-order valence-corrected chi connectivity index (χ0v) is 15.8. The van der Waals surface area contributed by atoms with Crippen LogP contribution in [0.2, 0.25) is 15.1 Å². The molecule has 1 aliphatic carbocycles. The van der Waals surface area contributed by atoms with E-state index in [-0.39, 0.29) is 51.9 Å². The maximum absolute atomic E-state index is 12.6. The zero-order valence-electron chi connectivity index (χ0n) is 12.7. The summed E-state index contributed by atoms with van der Waals surface area (Å²) in [6.07, 6.45) is 2.28. The first kappa shape index (κ1) is 18.1. The van der Waals surface area contributed by atoms with E-state index >= 15 is 0 Å². The fraction of sp³-hybridized carbons (Fsp3) is 0.533. The van der Waals surface area contributed by atoms with Gasteiger partial charge in [-0.2, -0.15) is 0 Å². The van der Waals surface area contributed by atoms with E-state index in [9.17, 15) is 13.2 Å². The van der Waals surface area contributed by atoms with Crippen molar-refractivity contribution in [2.24, 2.45) is 0 Å². The van der Waals surface area contributed by atoms with Crippen molar-refractivity contribution < 1.29 is 17.9 Å². The molecule has 1 aromatic rings. The molecule has 132 valence electrons. The Balaban J connectivity index is 1.68. The van der Waals surface area contributed by atoms with E-state index in [2.05, 4.69) is 0 Å². The first-order valence-electron chi connectivity index (χ1n) is 7.56. The SMILES string of the molecule is O=C(COc1cc(Cl)c(Cl)cc1Cl)N(C1CC1)C1CCS(=O)(=O)C1. The molecule has 2 fully saturated rings. The summed E-state index contributed by atoms with van der Waals surface area (Å²) >= 11 is 17.8. The van der Waals surface area contributed by atoms with Crippen molar-refractivity contribution in [2.45, 2.75) is 31.3 Å². The molecule has 1 unspecified atom stereocenters. The molecule has 9 heteroatoms. The molecule has 3 rings (SSSR count). The summed E-state index contributed by atoms with van der Waals surface area (Å²) in [6, 6.07) is 2.76. The maximum atomic E-state index is 12.6. The third kappa shape index (κ3) is 4.10. The number of nitrogens with zero attached hydrogens (tertiary/aromatic N) is 1. The van der Waals surface area contributed by atoms with Crippen LogP contribution in [0.25, 0.3) is 0 Å². The van der Waals surface area contributed by atoms with Crippen LogP contribution in [0.1, 0.15) is 19.3 Å². The summed E-state index contributed by atoms with van der Waals surface area (Å²) in [4.78, 5) is 14.2. The Morgan fingerprint density at radius 2 is 1.75 bits per heavy atom. The molecule has 0 spiro atoms. The number of halogens is 3. The minimum absolute atomic E-state index is 0.0305. The Hall–Kier alpha value is -0.690. The summed E-state index contributed by atoms with van der Waals surface area (Å²) < 4.78 is 28.9. The number of ether oxygens (including phenoxy) is 1. The molecule has 2 aliphatic rings. The minimum Gasteiger partial charge on any atom is -0.482 e. The van der Waals surface area contributed by atoms with E-state index in [1.807, 2.05) is 0 Å². The third-order valence-corrected chi connectivity index (χ3v) is 6.92. The monoisotopic (exact) mass is 411 g/mol. The highest BCUT2D eigenvalue weighted by atomic mass is 35.5. The van der Waals surface area contributed by atoms with Gasteiger partial charge < -0.3 is 9.64 Å². The highest BCUT2D eigenvalue weighted by Crippen LogP contribution is 2.35. The molecule has 0 aromatic heterocycles. The molecule has 1 saturated carbocycles. The quantitative estimate of drug-likeness (QED) is 0.697. The molecule has 1 saturated heterocycles. The molecule has 1 amide bonds. The smallest absolute Gasteiger partial charge is 0.261 e. The van der Waals surface area contributed by atoms with Gasteiger partial charge in [-0.3, -0.25) is 4.79 Å². The fourth-order valence-electron chi connectivity index (χ4n) is 2.88. The Bertz CT molecular complexity index is 764. The first-order chi connectivity index (χ1) is 11.3. The molecule has 0 bridgehead atoms. The highest BCUT2D eigenvalue weighted by Gasteiger charge is 2.42. The lowest BCUT2D eigenvalue weighted by atomic mass is 10.2. The minimum atomic E-state index is -3.05. The maximum Gasteiger partial charge on any atom is 0.261 e. The van der Waals surface area contributed by atoms with Crippen LogP contribution in [0.4, 0.5) is 0 Å². The largest absolute Gasteiger partial charge is 0.482 e. The van der Waals surface area contributed by atoms with Crippen LogP contribution in [0.5, 0.6) is 5.75 Å². The molecule has 1 atom stereocenters. The number of sulfone groups is 1. The second kappa shape index (κ2) is 6.90. The van der Waals surface area contributed by atoms with Crippen molar-refractivity contribution in [3.05, 3.63) is 27.2 Å². The zero-order chi connectivity index (χ0) is 17.5. The van der Waals surface area contributed by atoms with Crippen molar-refractivity contribution in [3.8, 4) is 5.75 Å². The van der Waals surface area contributed by atoms with Gasteiger partial charge in [0, 0.05) is 18.2 Å². The van der Waals surface area contributed by atoms with Crippen molar-refractivity contribution in [3.63, 3.8) is 0 Å². The molecule has 0 N–H and O–H groups in total. The second-order valence-corrected chi connectivity index (χ2v) is 9.52. The molecule has 5 nitrogen and oxygen atoms in total. The molecule has 1 aromatic carbocycles. The predicted molar refractivity (Wildman–Crippen MR) is 93.9 cm³/mol. The second-order valence-electron chi connectivity index (χ2n) is 6.07. The normalized spacial score (nSPS) is 22.4. The van der Waals surface area contributed by atoms with E-state index in [1.165, 1.54) is 12.1 Å². The van der Waals surface area contributed by atoms with E-state index in [1.54, 1.807) is 4.90 Å². The van der Waals surface area contributed by atoms with E-state index < -0.39 is 9.84 Å². The lowest BCUT2D eigenvalue weighted by Crippen LogP contribution is -2.45. The molecule has 24 heavy (non-hydrogen) atoms. The number of carbonyl (C=O) groups is 1. The summed E-state index contributed by atoms with van der Waals surface area (Å²) in [5.74, 6) is 0.201. The van der Waals surface area contributed by atoms with Gasteiger partial charge in [0.25, 0.3) is 5.91 Å². The van der Waals surface area contributed by atoms with Gasteiger partial charge in [0.1, 0.15) is 5.75 Å². The highest BCUT2D eigenvalue weighted by molar-refractivity contribution is 7.91. The van der Waals surface area contributed by atoms with Crippen LogP contribution in [0, 0.1) is 0 Å². The Labute approximate surface area is 155 Å². The van der Waals surface area contributed by atoms with Crippen molar-refractivity contribution in [1.29, 1.82) is 0 Å².